The van der Waals surface area contributed by atoms with Gasteiger partial charge in [-0.15, -0.1) is 0 Å². The number of amides is 2. The predicted octanol–water partition coefficient (Wildman–Crippen LogP) is 6.48. The lowest BCUT2D eigenvalue weighted by molar-refractivity contribution is -0.278. The summed E-state index contributed by atoms with van der Waals surface area (Å²) in [5.41, 5.74) is 7.07. The van der Waals surface area contributed by atoms with Gasteiger partial charge in [0.15, 0.2) is 12.1 Å². The molecule has 3 heterocycles. The van der Waals surface area contributed by atoms with Gasteiger partial charge in [0, 0.05) is 57.0 Å². The molecule has 0 unspecified atom stereocenters. The number of likely N-dealkylation sites (tertiary alicyclic amines) is 1. The standard InChI is InChI=1S/C41H47N3O6/c1-29-37(27-44-21-19-41(20-22-44)47-23-24-48-41)49-39(50-38(29)33-13-11-31(28-45)12-14-33)34-17-15-32(16-18-34)36-10-6-5-9-35(36)26-43-40(46)42-25-30-7-3-2-4-8-30/h2-18,29,37-39,45H,19-28H2,1H3,(H2,42,43,46)/t29-,37+,38+,39+/m0/s1. The lowest BCUT2D eigenvalue weighted by Gasteiger charge is -2.44. The van der Waals surface area contributed by atoms with E-state index in [4.69, 9.17) is 18.9 Å². The topological polar surface area (TPSA) is 102 Å². The van der Waals surface area contributed by atoms with Gasteiger partial charge in [-0.1, -0.05) is 110 Å². The maximum absolute atomic E-state index is 12.6. The second-order valence-electron chi connectivity index (χ2n) is 13.5. The number of aliphatic hydroxyl groups excluding tert-OH is 1. The summed E-state index contributed by atoms with van der Waals surface area (Å²) in [7, 11) is 0. The Bertz CT molecular complexity index is 1680. The van der Waals surface area contributed by atoms with Gasteiger partial charge in [0.25, 0.3) is 0 Å². The van der Waals surface area contributed by atoms with Crippen LogP contribution in [0.3, 0.4) is 0 Å². The summed E-state index contributed by atoms with van der Waals surface area (Å²) < 4.78 is 25.4. The molecule has 9 heteroatoms. The number of nitrogens with zero attached hydrogens (tertiary/aromatic N) is 1. The van der Waals surface area contributed by atoms with E-state index in [0.29, 0.717) is 26.3 Å². The van der Waals surface area contributed by atoms with E-state index in [1.165, 1.54) is 0 Å². The van der Waals surface area contributed by atoms with Crippen LogP contribution in [-0.4, -0.2) is 60.8 Å². The Hall–Kier alpha value is -4.09. The molecule has 4 aromatic rings. The van der Waals surface area contributed by atoms with Crippen LogP contribution < -0.4 is 10.6 Å². The van der Waals surface area contributed by atoms with Gasteiger partial charge >= 0.3 is 6.03 Å². The first-order chi connectivity index (χ1) is 24.5. The van der Waals surface area contributed by atoms with Gasteiger partial charge in [-0.25, -0.2) is 4.79 Å². The summed E-state index contributed by atoms with van der Waals surface area (Å²) in [6.45, 7) is 7.01. The summed E-state index contributed by atoms with van der Waals surface area (Å²) in [4.78, 5) is 15.0. The summed E-state index contributed by atoms with van der Waals surface area (Å²) in [5, 5.41) is 15.6. The minimum absolute atomic E-state index is 0.00654. The van der Waals surface area contributed by atoms with E-state index in [9.17, 15) is 9.90 Å². The molecule has 0 aromatic heterocycles. The van der Waals surface area contributed by atoms with Crippen molar-refractivity contribution in [2.45, 2.75) is 63.7 Å². The number of hydrogen-bond acceptors (Lipinski definition) is 7. The van der Waals surface area contributed by atoms with Crippen LogP contribution in [-0.2, 0) is 38.6 Å². The van der Waals surface area contributed by atoms with Crippen molar-refractivity contribution < 1.29 is 28.8 Å². The van der Waals surface area contributed by atoms with Crippen molar-refractivity contribution in [2.24, 2.45) is 5.92 Å². The Morgan fingerprint density at radius 2 is 1.44 bits per heavy atom. The van der Waals surface area contributed by atoms with Gasteiger partial charge in [-0.05, 0) is 33.4 Å². The molecule has 0 aliphatic carbocycles. The van der Waals surface area contributed by atoms with Gasteiger partial charge < -0.3 is 39.6 Å². The zero-order valence-electron chi connectivity index (χ0n) is 28.6. The van der Waals surface area contributed by atoms with Crippen molar-refractivity contribution in [3.8, 4) is 11.1 Å². The number of aliphatic hydroxyl groups is 1. The lowest BCUT2D eigenvalue weighted by Crippen LogP contribution is -2.50. The van der Waals surface area contributed by atoms with Crippen LogP contribution in [0.2, 0.25) is 0 Å². The van der Waals surface area contributed by atoms with E-state index in [1.807, 2.05) is 60.7 Å². The van der Waals surface area contributed by atoms with Crippen LogP contribution in [0.15, 0.2) is 103 Å². The third-order valence-electron chi connectivity index (χ3n) is 10.2. The number of carbonyl (C=O) groups is 1. The average molecular weight is 678 g/mol. The molecule has 262 valence electrons. The Labute approximate surface area is 294 Å². The molecule has 0 bridgehead atoms. The molecule has 2 amide bonds. The second kappa shape index (κ2) is 15.9. The van der Waals surface area contributed by atoms with E-state index in [0.717, 1.165) is 71.4 Å². The molecule has 3 aliphatic rings. The summed E-state index contributed by atoms with van der Waals surface area (Å²) in [6.07, 6.45) is 0.933. The molecular formula is C41H47N3O6. The van der Waals surface area contributed by atoms with E-state index in [1.54, 1.807) is 0 Å². The maximum Gasteiger partial charge on any atom is 0.315 e. The summed E-state index contributed by atoms with van der Waals surface area (Å²) in [5.74, 6) is -0.312. The van der Waals surface area contributed by atoms with Crippen LogP contribution >= 0.6 is 0 Å². The van der Waals surface area contributed by atoms with Crippen molar-refractivity contribution in [3.05, 3.63) is 131 Å². The van der Waals surface area contributed by atoms with E-state index < -0.39 is 12.1 Å². The normalized spacial score (nSPS) is 23.5. The largest absolute Gasteiger partial charge is 0.392 e. The third-order valence-corrected chi connectivity index (χ3v) is 10.2. The van der Waals surface area contributed by atoms with Crippen molar-refractivity contribution >= 4 is 6.03 Å². The average Bonchev–Trinajstić information content (AvgIpc) is 3.63. The minimum Gasteiger partial charge on any atom is -0.392 e. The van der Waals surface area contributed by atoms with Gasteiger partial charge in [-0.2, -0.15) is 0 Å². The van der Waals surface area contributed by atoms with Crippen LogP contribution in [0, 0.1) is 5.92 Å². The van der Waals surface area contributed by atoms with Crippen LogP contribution in [0.1, 0.15) is 60.0 Å². The van der Waals surface area contributed by atoms with Crippen molar-refractivity contribution in [3.63, 3.8) is 0 Å². The highest BCUT2D eigenvalue weighted by molar-refractivity contribution is 5.75. The molecule has 3 saturated heterocycles. The Morgan fingerprint density at radius 1 is 0.780 bits per heavy atom. The Balaban J connectivity index is 1.04. The number of ether oxygens (including phenoxy) is 4. The number of piperidine rings is 1. The molecule has 0 saturated carbocycles. The first kappa shape index (κ1) is 34.4. The quantitative estimate of drug-likeness (QED) is 0.177. The number of urea groups is 1. The van der Waals surface area contributed by atoms with E-state index in [2.05, 4.69) is 64.9 Å². The smallest absolute Gasteiger partial charge is 0.315 e. The fourth-order valence-electron chi connectivity index (χ4n) is 7.24. The maximum atomic E-state index is 12.6. The Kier molecular flexibility index (Phi) is 10.9. The van der Waals surface area contributed by atoms with Crippen LogP contribution in [0.25, 0.3) is 11.1 Å². The highest BCUT2D eigenvalue weighted by Gasteiger charge is 2.43. The molecule has 0 radical (unpaired) electrons. The van der Waals surface area contributed by atoms with Gasteiger partial charge in [0.1, 0.15) is 0 Å². The number of rotatable bonds is 10. The number of hydrogen-bond donors (Lipinski definition) is 3. The molecule has 3 fully saturated rings. The van der Waals surface area contributed by atoms with Crippen molar-refractivity contribution in [2.75, 3.05) is 32.8 Å². The molecule has 4 atom stereocenters. The van der Waals surface area contributed by atoms with Crippen LogP contribution in [0.5, 0.6) is 0 Å². The second-order valence-corrected chi connectivity index (χ2v) is 13.5. The zero-order chi connectivity index (χ0) is 34.3. The molecule has 7 rings (SSSR count). The molecule has 50 heavy (non-hydrogen) atoms. The Morgan fingerprint density at radius 3 is 2.16 bits per heavy atom. The first-order valence-electron chi connectivity index (χ1n) is 17.7. The molecule has 4 aromatic carbocycles. The number of benzene rings is 4. The predicted molar refractivity (Wildman–Crippen MR) is 191 cm³/mol. The number of nitrogens with one attached hydrogen (secondary N) is 2. The van der Waals surface area contributed by atoms with Gasteiger partial charge in [0.2, 0.25) is 0 Å². The van der Waals surface area contributed by atoms with Crippen molar-refractivity contribution in [1.82, 2.24) is 15.5 Å². The summed E-state index contributed by atoms with van der Waals surface area (Å²) in [6, 6.07) is 34.2. The molecule has 3 aliphatic heterocycles. The number of carbonyl (C=O) groups excluding carboxylic acids is 1. The zero-order valence-corrected chi connectivity index (χ0v) is 28.6. The molecule has 9 nitrogen and oxygen atoms in total. The van der Waals surface area contributed by atoms with E-state index in [-0.39, 0.29) is 30.8 Å². The van der Waals surface area contributed by atoms with Crippen LogP contribution in [0.4, 0.5) is 4.79 Å². The highest BCUT2D eigenvalue weighted by Crippen LogP contribution is 2.43. The van der Waals surface area contributed by atoms with Crippen molar-refractivity contribution in [1.29, 1.82) is 0 Å². The molecular weight excluding hydrogens is 630 g/mol. The minimum atomic E-state index is -0.546. The first-order valence-corrected chi connectivity index (χ1v) is 17.7. The monoisotopic (exact) mass is 677 g/mol. The highest BCUT2D eigenvalue weighted by atomic mass is 16.7. The fraction of sp³-hybridized carbons (Fsp3) is 0.390. The van der Waals surface area contributed by atoms with Gasteiger partial charge in [-0.3, -0.25) is 0 Å². The van der Waals surface area contributed by atoms with Gasteiger partial charge in [0.05, 0.1) is 32.0 Å². The molecule has 3 N–H and O–H groups in total. The fourth-order valence-corrected chi connectivity index (χ4v) is 7.24. The van der Waals surface area contributed by atoms with E-state index >= 15 is 0 Å². The molecule has 1 spiro atoms. The SMILES string of the molecule is C[C@H]1[C@@H](CN2CCC3(CC2)OCCO3)O[C@@H](c2ccc(-c3ccccc3CNC(=O)NCc3ccccc3)cc2)O[C@H]1c1ccc(CO)cc1. The third kappa shape index (κ3) is 8.10. The summed E-state index contributed by atoms with van der Waals surface area (Å²) >= 11 is 0. The lowest BCUT2D eigenvalue weighted by atomic mass is 9.89.